The smallest absolute Gasteiger partial charge is 0.255 e. The summed E-state index contributed by atoms with van der Waals surface area (Å²) in [6.45, 7) is 1.11. The van der Waals surface area contributed by atoms with Crippen LogP contribution >= 0.6 is 0 Å². The zero-order valence-corrected chi connectivity index (χ0v) is 33.6. The van der Waals surface area contributed by atoms with Gasteiger partial charge >= 0.3 is 0 Å². The first kappa shape index (κ1) is 38.8. The van der Waals surface area contributed by atoms with E-state index in [1.54, 1.807) is 24.3 Å². The van der Waals surface area contributed by atoms with Crippen molar-refractivity contribution >= 4 is 23.2 Å². The molecule has 1 aliphatic carbocycles. The average molecular weight is 797 g/mol. The zero-order valence-electron chi connectivity index (χ0n) is 33.6. The largest absolute Gasteiger partial charge is 0.493 e. The molecule has 0 bridgehead atoms. The molecule has 61 heavy (non-hydrogen) atoms. The molecule has 0 unspecified atom stereocenters. The summed E-state index contributed by atoms with van der Waals surface area (Å²) >= 11 is 0. The molecule has 0 saturated carbocycles. The lowest BCUT2D eigenvalue weighted by atomic mass is 9.67. The molecular formula is C55H44N2O4. The van der Waals surface area contributed by atoms with E-state index >= 15 is 0 Å². The number of hydrogen-bond donors (Lipinski definition) is 2. The molecule has 1 aliphatic rings. The average Bonchev–Trinajstić information content (AvgIpc) is 3.62. The Kier molecular flexibility index (Phi) is 11.2. The van der Waals surface area contributed by atoms with E-state index in [0.29, 0.717) is 35.7 Å². The van der Waals surface area contributed by atoms with Crippen LogP contribution in [0.2, 0.25) is 0 Å². The molecule has 298 valence electrons. The van der Waals surface area contributed by atoms with Crippen LogP contribution in [0.5, 0.6) is 11.5 Å². The van der Waals surface area contributed by atoms with Gasteiger partial charge in [-0.15, -0.1) is 0 Å². The number of amides is 2. The summed E-state index contributed by atoms with van der Waals surface area (Å²) in [7, 11) is 0. The van der Waals surface area contributed by atoms with Gasteiger partial charge in [0.1, 0.15) is 11.5 Å². The molecule has 0 spiro atoms. The van der Waals surface area contributed by atoms with Crippen LogP contribution < -0.4 is 20.1 Å². The van der Waals surface area contributed by atoms with Crippen molar-refractivity contribution in [1.29, 1.82) is 0 Å². The van der Waals surface area contributed by atoms with Gasteiger partial charge in [0.05, 0.1) is 18.6 Å². The van der Waals surface area contributed by atoms with Crippen molar-refractivity contribution < 1.29 is 19.1 Å². The first-order valence-electron chi connectivity index (χ1n) is 20.6. The number of benzene rings is 8. The van der Waals surface area contributed by atoms with Crippen LogP contribution in [0.4, 0.5) is 11.4 Å². The molecule has 2 amide bonds. The van der Waals surface area contributed by atoms with Gasteiger partial charge in [-0.05, 0) is 117 Å². The fourth-order valence-electron chi connectivity index (χ4n) is 8.31. The van der Waals surface area contributed by atoms with Crippen LogP contribution in [0.15, 0.2) is 206 Å². The molecule has 0 aliphatic heterocycles. The van der Waals surface area contributed by atoms with Crippen molar-refractivity contribution in [2.75, 3.05) is 23.8 Å². The Bertz CT molecular complexity index is 2560. The van der Waals surface area contributed by atoms with Crippen LogP contribution in [0.3, 0.4) is 0 Å². The molecule has 6 nitrogen and oxygen atoms in total. The van der Waals surface area contributed by atoms with Crippen LogP contribution in [0.25, 0.3) is 11.1 Å². The quantitative estimate of drug-likeness (QED) is 0.115. The summed E-state index contributed by atoms with van der Waals surface area (Å²) in [4.78, 5) is 26.8. The molecule has 0 radical (unpaired) electrons. The third-order valence-corrected chi connectivity index (χ3v) is 11.3. The van der Waals surface area contributed by atoms with Gasteiger partial charge in [-0.2, -0.15) is 0 Å². The normalized spacial score (nSPS) is 12.1. The molecule has 9 rings (SSSR count). The van der Waals surface area contributed by atoms with Gasteiger partial charge in [-0.25, -0.2) is 0 Å². The third-order valence-electron chi connectivity index (χ3n) is 11.3. The highest BCUT2D eigenvalue weighted by molar-refractivity contribution is 6.05. The summed E-state index contributed by atoms with van der Waals surface area (Å²) in [5.41, 5.74) is 11.1. The highest BCUT2D eigenvalue weighted by atomic mass is 16.5. The van der Waals surface area contributed by atoms with Crippen molar-refractivity contribution in [3.05, 3.63) is 251 Å². The van der Waals surface area contributed by atoms with Gasteiger partial charge in [0.15, 0.2) is 0 Å². The molecule has 0 aromatic heterocycles. The van der Waals surface area contributed by atoms with Gasteiger partial charge in [0.25, 0.3) is 11.8 Å². The lowest BCUT2D eigenvalue weighted by molar-refractivity contribution is 0.101. The first-order chi connectivity index (χ1) is 30.0. The third kappa shape index (κ3) is 8.30. The maximum atomic E-state index is 13.4. The molecule has 2 N–H and O–H groups in total. The second-order valence-corrected chi connectivity index (χ2v) is 15.1. The molecular weight excluding hydrogens is 753 g/mol. The first-order valence-corrected chi connectivity index (χ1v) is 20.6. The van der Waals surface area contributed by atoms with Crippen LogP contribution in [0, 0.1) is 0 Å². The van der Waals surface area contributed by atoms with Crippen molar-refractivity contribution in [2.24, 2.45) is 0 Å². The van der Waals surface area contributed by atoms with E-state index in [4.69, 9.17) is 9.47 Å². The van der Waals surface area contributed by atoms with E-state index in [9.17, 15) is 9.59 Å². The van der Waals surface area contributed by atoms with Gasteiger partial charge in [0.2, 0.25) is 0 Å². The van der Waals surface area contributed by atoms with E-state index in [-0.39, 0.29) is 11.8 Å². The Labute approximate surface area is 356 Å². The van der Waals surface area contributed by atoms with E-state index < -0.39 is 5.41 Å². The maximum absolute atomic E-state index is 13.4. The Hall–Kier alpha value is -7.70. The fourth-order valence-corrected chi connectivity index (χ4v) is 8.31. The second-order valence-electron chi connectivity index (χ2n) is 15.1. The summed E-state index contributed by atoms with van der Waals surface area (Å²) in [6, 6.07) is 68.3. The van der Waals surface area contributed by atoms with Crippen LogP contribution in [-0.4, -0.2) is 25.0 Å². The predicted molar refractivity (Wildman–Crippen MR) is 244 cm³/mol. The number of anilines is 2. The topological polar surface area (TPSA) is 76.7 Å². The second kappa shape index (κ2) is 17.7. The van der Waals surface area contributed by atoms with E-state index in [2.05, 4.69) is 108 Å². The van der Waals surface area contributed by atoms with E-state index in [1.807, 2.05) is 84.9 Å². The highest BCUT2D eigenvalue weighted by Crippen LogP contribution is 2.56. The monoisotopic (exact) mass is 796 g/mol. The van der Waals surface area contributed by atoms with Gasteiger partial charge in [0, 0.05) is 35.3 Å². The molecule has 8 aromatic rings. The van der Waals surface area contributed by atoms with Crippen molar-refractivity contribution in [3.8, 4) is 22.6 Å². The van der Waals surface area contributed by atoms with Crippen molar-refractivity contribution in [1.82, 2.24) is 0 Å². The number of hydrogen-bond acceptors (Lipinski definition) is 4. The Balaban J connectivity index is 0.915. The minimum absolute atomic E-state index is 0.199. The number of nitrogens with one attached hydrogen (secondary N) is 2. The minimum atomic E-state index is -0.648. The van der Waals surface area contributed by atoms with Crippen molar-refractivity contribution in [2.45, 2.75) is 18.3 Å². The maximum Gasteiger partial charge on any atom is 0.255 e. The zero-order chi connectivity index (χ0) is 41.4. The molecule has 6 heteroatoms. The predicted octanol–water partition coefficient (Wildman–Crippen LogP) is 11.8. The number of carbonyl (C=O) groups is 2. The summed E-state index contributed by atoms with van der Waals surface area (Å²) in [6.07, 6.45) is 1.62. The fraction of sp³-hybridized carbons (Fsp3) is 0.0909. The summed E-state index contributed by atoms with van der Waals surface area (Å²) < 4.78 is 11.9. The minimum Gasteiger partial charge on any atom is -0.493 e. The number of carbonyl (C=O) groups excluding carboxylic acids is 2. The molecule has 8 aromatic carbocycles. The Morgan fingerprint density at radius 1 is 0.393 bits per heavy atom. The lowest BCUT2D eigenvalue weighted by Crippen LogP contribution is -2.28. The van der Waals surface area contributed by atoms with Crippen LogP contribution in [0.1, 0.15) is 54.1 Å². The SMILES string of the molecule is O=C(Nc1ccc(C2(c3ccc(NC(=O)c4ccc(OCCc5ccccc5)cc4)cc3)c3ccccc3-c3ccccc32)cc1)c1ccc(OCCc2ccccc2)cc1. The Morgan fingerprint density at radius 3 is 1.15 bits per heavy atom. The van der Waals surface area contributed by atoms with Gasteiger partial charge < -0.3 is 20.1 Å². The molecule has 0 atom stereocenters. The molecule has 0 heterocycles. The lowest BCUT2D eigenvalue weighted by Gasteiger charge is -2.34. The number of rotatable bonds is 14. The standard InChI is InChI=1S/C55H44N2O4/c58-53(41-19-31-47(32-20-41)60-37-35-39-11-3-1-4-12-39)56-45-27-23-43(24-28-45)55(51-17-9-7-15-49(51)50-16-8-10-18-52(50)55)44-25-29-46(30-26-44)57-54(59)42-21-33-48(34-22-42)61-38-36-40-13-5-2-6-14-40/h1-34H,35-38H2,(H,56,58)(H,57,59). The number of fused-ring (bicyclic) bond motifs is 3. The molecule has 0 fully saturated rings. The summed E-state index contributed by atoms with van der Waals surface area (Å²) in [5, 5.41) is 6.16. The molecule has 0 saturated heterocycles. The highest BCUT2D eigenvalue weighted by Gasteiger charge is 2.45. The van der Waals surface area contributed by atoms with E-state index in [0.717, 1.165) is 35.5 Å². The van der Waals surface area contributed by atoms with Crippen LogP contribution in [-0.2, 0) is 18.3 Å². The van der Waals surface area contributed by atoms with E-state index in [1.165, 1.54) is 33.4 Å². The van der Waals surface area contributed by atoms with Crippen molar-refractivity contribution in [3.63, 3.8) is 0 Å². The van der Waals surface area contributed by atoms with Gasteiger partial charge in [-0.1, -0.05) is 133 Å². The Morgan fingerprint density at radius 2 is 0.754 bits per heavy atom. The summed E-state index contributed by atoms with van der Waals surface area (Å²) in [5.74, 6) is 1.05. The number of ether oxygens (including phenoxy) is 2. The van der Waals surface area contributed by atoms with Gasteiger partial charge in [-0.3, -0.25) is 9.59 Å².